The lowest BCUT2D eigenvalue weighted by Gasteiger charge is -2.09. The van der Waals surface area contributed by atoms with Crippen molar-refractivity contribution >= 4 is 28.5 Å². The average Bonchev–Trinajstić information content (AvgIpc) is 2.90. The van der Waals surface area contributed by atoms with E-state index in [1.165, 1.54) is 0 Å². The minimum atomic E-state index is 0.593. The van der Waals surface area contributed by atoms with E-state index in [1.807, 2.05) is 29.9 Å². The van der Waals surface area contributed by atoms with Crippen LogP contribution < -0.4 is 10.1 Å². The van der Waals surface area contributed by atoms with Crippen LogP contribution in [0.1, 0.15) is 24.6 Å². The van der Waals surface area contributed by atoms with Gasteiger partial charge >= 0.3 is 0 Å². The zero-order valence-electron chi connectivity index (χ0n) is 14.0. The van der Waals surface area contributed by atoms with Crippen molar-refractivity contribution in [1.82, 2.24) is 19.7 Å². The summed E-state index contributed by atoms with van der Waals surface area (Å²) >= 11 is 6.18. The molecule has 2 heterocycles. The molecule has 0 saturated carbocycles. The molecule has 126 valence electrons. The van der Waals surface area contributed by atoms with E-state index in [1.54, 1.807) is 13.4 Å². The topological polar surface area (TPSA) is 64.9 Å². The minimum absolute atomic E-state index is 0.593. The summed E-state index contributed by atoms with van der Waals surface area (Å²) in [6.45, 7) is 2.73. The Kier molecular flexibility index (Phi) is 4.85. The maximum atomic E-state index is 6.18. The largest absolute Gasteiger partial charge is 0.495 e. The van der Waals surface area contributed by atoms with Crippen LogP contribution in [0.5, 0.6) is 5.75 Å². The summed E-state index contributed by atoms with van der Waals surface area (Å²) in [6.07, 6.45) is 3.51. The molecule has 0 aliphatic rings. The number of hydrogen-bond donors (Lipinski definition) is 1. The van der Waals surface area contributed by atoms with Gasteiger partial charge in [-0.05, 0) is 24.1 Å². The standard InChI is InChI=1S/C17H20ClN5O/c1-4-5-13-15-16(23(2)22-13)17(21-10-20-15)19-9-11-6-7-14(24-3)12(18)8-11/h6-8,10H,4-5,9H2,1-3H3,(H,19,20,21). The normalized spacial score (nSPS) is 11.0. The van der Waals surface area contributed by atoms with Crippen LogP contribution in [0.2, 0.25) is 5.02 Å². The van der Waals surface area contributed by atoms with E-state index in [2.05, 4.69) is 27.3 Å². The van der Waals surface area contributed by atoms with E-state index in [4.69, 9.17) is 16.3 Å². The van der Waals surface area contributed by atoms with Gasteiger partial charge in [0, 0.05) is 13.6 Å². The number of nitrogens with one attached hydrogen (secondary N) is 1. The zero-order valence-corrected chi connectivity index (χ0v) is 14.8. The first-order valence-corrected chi connectivity index (χ1v) is 8.24. The highest BCUT2D eigenvalue weighted by atomic mass is 35.5. The number of aryl methyl sites for hydroxylation is 2. The Bertz CT molecular complexity index is 862. The van der Waals surface area contributed by atoms with Crippen LogP contribution in [-0.4, -0.2) is 26.9 Å². The number of ether oxygens (including phenoxy) is 1. The summed E-state index contributed by atoms with van der Waals surface area (Å²) in [7, 11) is 3.52. The van der Waals surface area contributed by atoms with Crippen LogP contribution in [0, 0.1) is 0 Å². The second-order valence-corrected chi connectivity index (χ2v) is 5.97. The third kappa shape index (κ3) is 3.14. The number of fused-ring (bicyclic) bond motifs is 1. The lowest BCUT2D eigenvalue weighted by Crippen LogP contribution is -2.04. The molecule has 7 heteroatoms. The lowest BCUT2D eigenvalue weighted by molar-refractivity contribution is 0.415. The average molecular weight is 346 g/mol. The van der Waals surface area contributed by atoms with E-state index in [9.17, 15) is 0 Å². The van der Waals surface area contributed by atoms with Crippen molar-refractivity contribution < 1.29 is 4.74 Å². The van der Waals surface area contributed by atoms with E-state index < -0.39 is 0 Å². The Labute approximate surface area is 145 Å². The van der Waals surface area contributed by atoms with E-state index in [0.717, 1.165) is 41.0 Å². The van der Waals surface area contributed by atoms with Crippen molar-refractivity contribution in [3.8, 4) is 5.75 Å². The zero-order chi connectivity index (χ0) is 17.1. The summed E-state index contributed by atoms with van der Waals surface area (Å²) in [6, 6.07) is 5.72. The molecule has 24 heavy (non-hydrogen) atoms. The third-order valence-corrected chi connectivity index (χ3v) is 4.15. The lowest BCUT2D eigenvalue weighted by atomic mass is 10.2. The molecule has 1 N–H and O–H groups in total. The molecule has 0 aliphatic heterocycles. The van der Waals surface area contributed by atoms with Crippen LogP contribution in [-0.2, 0) is 20.0 Å². The fourth-order valence-corrected chi connectivity index (χ4v) is 3.00. The molecular weight excluding hydrogens is 326 g/mol. The van der Waals surface area contributed by atoms with Gasteiger partial charge in [0.05, 0.1) is 17.8 Å². The maximum Gasteiger partial charge on any atom is 0.155 e. The monoisotopic (exact) mass is 345 g/mol. The number of methoxy groups -OCH3 is 1. The van der Waals surface area contributed by atoms with Gasteiger partial charge in [-0.2, -0.15) is 5.10 Å². The molecule has 0 aliphatic carbocycles. The SMILES string of the molecule is CCCc1nn(C)c2c(NCc3ccc(OC)c(Cl)c3)ncnc12. The molecule has 0 bridgehead atoms. The molecule has 3 aromatic rings. The molecule has 6 nitrogen and oxygen atoms in total. The highest BCUT2D eigenvalue weighted by molar-refractivity contribution is 6.32. The van der Waals surface area contributed by atoms with Gasteiger partial charge in [-0.3, -0.25) is 4.68 Å². The molecule has 0 amide bonds. The van der Waals surface area contributed by atoms with Crippen molar-refractivity contribution in [2.45, 2.75) is 26.3 Å². The fourth-order valence-electron chi connectivity index (χ4n) is 2.72. The van der Waals surface area contributed by atoms with Gasteiger partial charge in [-0.1, -0.05) is 31.0 Å². The highest BCUT2D eigenvalue weighted by Gasteiger charge is 2.14. The summed E-state index contributed by atoms with van der Waals surface area (Å²) in [4.78, 5) is 8.77. The Balaban J connectivity index is 1.86. The summed E-state index contributed by atoms with van der Waals surface area (Å²) < 4.78 is 7.01. The third-order valence-electron chi connectivity index (χ3n) is 3.85. The first kappa shape index (κ1) is 16.5. The van der Waals surface area contributed by atoms with Gasteiger partial charge < -0.3 is 10.1 Å². The van der Waals surface area contributed by atoms with Gasteiger partial charge in [-0.25, -0.2) is 9.97 Å². The molecule has 0 atom stereocenters. The Morgan fingerprint density at radius 1 is 1.29 bits per heavy atom. The predicted octanol–water partition coefficient (Wildman–Crippen LogP) is 3.59. The molecule has 1 aromatic carbocycles. The van der Waals surface area contributed by atoms with Gasteiger partial charge in [-0.15, -0.1) is 0 Å². The highest BCUT2D eigenvalue weighted by Crippen LogP contribution is 2.26. The van der Waals surface area contributed by atoms with Crippen molar-refractivity contribution in [3.63, 3.8) is 0 Å². The van der Waals surface area contributed by atoms with Crippen molar-refractivity contribution in [3.05, 3.63) is 40.8 Å². The number of anilines is 1. The first-order chi connectivity index (χ1) is 11.6. The van der Waals surface area contributed by atoms with E-state index in [-0.39, 0.29) is 0 Å². The van der Waals surface area contributed by atoms with Crippen molar-refractivity contribution in [1.29, 1.82) is 0 Å². The Morgan fingerprint density at radius 3 is 2.83 bits per heavy atom. The molecule has 0 radical (unpaired) electrons. The quantitative estimate of drug-likeness (QED) is 0.739. The second-order valence-electron chi connectivity index (χ2n) is 5.56. The number of halogens is 1. The number of nitrogens with zero attached hydrogens (tertiary/aromatic N) is 4. The molecule has 0 unspecified atom stereocenters. The fraction of sp³-hybridized carbons (Fsp3) is 0.353. The van der Waals surface area contributed by atoms with Gasteiger partial charge in [0.15, 0.2) is 5.82 Å². The molecule has 3 rings (SSSR count). The van der Waals surface area contributed by atoms with Gasteiger partial charge in [0.2, 0.25) is 0 Å². The summed E-state index contributed by atoms with van der Waals surface area (Å²) in [5, 5.41) is 8.51. The molecule has 0 saturated heterocycles. The maximum absolute atomic E-state index is 6.18. The number of rotatable bonds is 6. The van der Waals surface area contributed by atoms with Crippen molar-refractivity contribution in [2.75, 3.05) is 12.4 Å². The predicted molar refractivity (Wildman–Crippen MR) is 95.6 cm³/mol. The first-order valence-electron chi connectivity index (χ1n) is 7.87. The van der Waals surface area contributed by atoms with E-state index in [0.29, 0.717) is 17.3 Å². The van der Waals surface area contributed by atoms with Crippen LogP contribution >= 0.6 is 11.6 Å². The minimum Gasteiger partial charge on any atom is -0.495 e. The van der Waals surface area contributed by atoms with Crippen LogP contribution in [0.15, 0.2) is 24.5 Å². The van der Waals surface area contributed by atoms with Crippen LogP contribution in [0.3, 0.4) is 0 Å². The van der Waals surface area contributed by atoms with Crippen LogP contribution in [0.25, 0.3) is 11.0 Å². The Hall–Kier alpha value is -2.34. The number of aromatic nitrogens is 4. The van der Waals surface area contributed by atoms with Gasteiger partial charge in [0.25, 0.3) is 0 Å². The number of hydrogen-bond acceptors (Lipinski definition) is 5. The Morgan fingerprint density at radius 2 is 2.12 bits per heavy atom. The van der Waals surface area contributed by atoms with E-state index >= 15 is 0 Å². The molecule has 2 aromatic heterocycles. The van der Waals surface area contributed by atoms with Crippen LogP contribution in [0.4, 0.5) is 5.82 Å². The second kappa shape index (κ2) is 7.05. The molecular formula is C17H20ClN5O. The number of benzene rings is 1. The van der Waals surface area contributed by atoms with Gasteiger partial charge in [0.1, 0.15) is 23.1 Å². The smallest absolute Gasteiger partial charge is 0.155 e. The summed E-state index contributed by atoms with van der Waals surface area (Å²) in [5.74, 6) is 1.44. The molecule has 0 fully saturated rings. The molecule has 0 spiro atoms. The summed E-state index contributed by atoms with van der Waals surface area (Å²) in [5.41, 5.74) is 3.88. The van der Waals surface area contributed by atoms with Crippen molar-refractivity contribution in [2.24, 2.45) is 7.05 Å².